The lowest BCUT2D eigenvalue weighted by atomic mass is 10.0. The molecule has 18 heavy (non-hydrogen) atoms. The first-order valence-corrected chi connectivity index (χ1v) is 8.54. The van der Waals surface area contributed by atoms with Gasteiger partial charge in [-0.25, -0.2) is 8.42 Å². The van der Waals surface area contributed by atoms with E-state index in [4.69, 9.17) is 4.74 Å². The Morgan fingerprint density at radius 3 is 2.33 bits per heavy atom. The molecule has 1 aliphatic rings. The highest BCUT2D eigenvalue weighted by Gasteiger charge is 2.39. The van der Waals surface area contributed by atoms with E-state index < -0.39 is 21.1 Å². The Balaban J connectivity index is 2.84. The van der Waals surface area contributed by atoms with Crippen molar-refractivity contribution < 1.29 is 17.9 Å². The predicted molar refractivity (Wildman–Crippen MR) is 71.1 cm³/mol. The first-order valence-electron chi connectivity index (χ1n) is 6.93. The quantitative estimate of drug-likeness (QED) is 0.699. The molecule has 0 bridgehead atoms. The number of carbonyl (C=O) groups is 1. The van der Waals surface area contributed by atoms with Crippen molar-refractivity contribution in [1.29, 1.82) is 0 Å². The van der Waals surface area contributed by atoms with Crippen molar-refractivity contribution in [3.8, 4) is 0 Å². The summed E-state index contributed by atoms with van der Waals surface area (Å²) in [5, 5.41) is -1.29. The second-order valence-electron chi connectivity index (χ2n) is 4.88. The van der Waals surface area contributed by atoms with E-state index in [9.17, 15) is 13.2 Å². The van der Waals surface area contributed by atoms with Crippen molar-refractivity contribution in [2.24, 2.45) is 0 Å². The number of esters is 1. The molecule has 1 fully saturated rings. The standard InChI is InChI=1S/C13H24O4S/c1-3-8-12(13(14)17-4-2)18(15,16)11-9-6-5-7-10-11/h11-12H,3-10H2,1-2H3. The number of sulfone groups is 1. The van der Waals surface area contributed by atoms with Gasteiger partial charge in [0.05, 0.1) is 11.9 Å². The Hall–Kier alpha value is -0.580. The van der Waals surface area contributed by atoms with Crippen LogP contribution in [-0.2, 0) is 19.4 Å². The molecule has 0 N–H and O–H groups in total. The molecule has 0 radical (unpaired) electrons. The maximum atomic E-state index is 12.5. The first kappa shape index (κ1) is 15.5. The van der Waals surface area contributed by atoms with Crippen molar-refractivity contribution in [3.05, 3.63) is 0 Å². The summed E-state index contributed by atoms with van der Waals surface area (Å²) in [4.78, 5) is 11.8. The molecule has 0 saturated heterocycles. The maximum absolute atomic E-state index is 12.5. The number of carbonyl (C=O) groups excluding carboxylic acids is 1. The van der Waals surface area contributed by atoms with Crippen molar-refractivity contribution in [2.75, 3.05) is 6.61 Å². The lowest BCUT2D eigenvalue weighted by molar-refractivity contribution is -0.142. The van der Waals surface area contributed by atoms with E-state index in [1.165, 1.54) is 0 Å². The first-order chi connectivity index (χ1) is 8.54. The Kier molecular flexibility index (Phi) is 6.12. The van der Waals surface area contributed by atoms with Crippen molar-refractivity contribution >= 4 is 15.8 Å². The molecule has 0 heterocycles. The molecular weight excluding hydrogens is 252 g/mol. The molecule has 1 atom stereocenters. The van der Waals surface area contributed by atoms with Gasteiger partial charge in [-0.1, -0.05) is 32.6 Å². The lowest BCUT2D eigenvalue weighted by Gasteiger charge is -2.25. The van der Waals surface area contributed by atoms with E-state index in [2.05, 4.69) is 0 Å². The van der Waals surface area contributed by atoms with Crippen LogP contribution in [0.4, 0.5) is 0 Å². The molecular formula is C13H24O4S. The largest absolute Gasteiger partial charge is 0.465 e. The van der Waals surface area contributed by atoms with Crippen LogP contribution >= 0.6 is 0 Å². The molecule has 0 amide bonds. The smallest absolute Gasteiger partial charge is 0.324 e. The van der Waals surface area contributed by atoms with Gasteiger partial charge in [0, 0.05) is 0 Å². The molecule has 5 heteroatoms. The zero-order valence-corrected chi connectivity index (χ0v) is 12.2. The summed E-state index contributed by atoms with van der Waals surface area (Å²) in [6, 6.07) is 0. The molecule has 0 aromatic carbocycles. The summed E-state index contributed by atoms with van der Waals surface area (Å²) in [6.45, 7) is 3.83. The summed E-state index contributed by atoms with van der Waals surface area (Å²) in [6.07, 6.45) is 5.44. The highest BCUT2D eigenvalue weighted by atomic mass is 32.2. The monoisotopic (exact) mass is 276 g/mol. The summed E-state index contributed by atoms with van der Waals surface area (Å²) in [5.74, 6) is -0.565. The van der Waals surface area contributed by atoms with Crippen LogP contribution < -0.4 is 0 Å². The second kappa shape index (κ2) is 7.12. The van der Waals surface area contributed by atoms with Gasteiger partial charge < -0.3 is 4.74 Å². The Morgan fingerprint density at radius 2 is 1.83 bits per heavy atom. The van der Waals surface area contributed by atoms with Crippen LogP contribution in [0.5, 0.6) is 0 Å². The third kappa shape index (κ3) is 3.70. The number of hydrogen-bond donors (Lipinski definition) is 0. The highest BCUT2D eigenvalue weighted by molar-refractivity contribution is 7.93. The van der Waals surface area contributed by atoms with Gasteiger partial charge in [0.1, 0.15) is 0 Å². The highest BCUT2D eigenvalue weighted by Crippen LogP contribution is 2.28. The third-order valence-corrected chi connectivity index (χ3v) is 6.14. The molecule has 1 aliphatic carbocycles. The Bertz CT molecular complexity index is 355. The van der Waals surface area contributed by atoms with E-state index in [-0.39, 0.29) is 11.9 Å². The molecule has 0 spiro atoms. The summed E-state index contributed by atoms with van der Waals surface area (Å²) >= 11 is 0. The van der Waals surface area contributed by atoms with Gasteiger partial charge >= 0.3 is 5.97 Å². The van der Waals surface area contributed by atoms with Crippen molar-refractivity contribution in [3.63, 3.8) is 0 Å². The van der Waals surface area contributed by atoms with Gasteiger partial charge in [0.25, 0.3) is 0 Å². The summed E-state index contributed by atoms with van der Waals surface area (Å²) < 4.78 is 29.9. The van der Waals surface area contributed by atoms with Crippen molar-refractivity contribution in [1.82, 2.24) is 0 Å². The third-order valence-electron chi connectivity index (χ3n) is 3.51. The fourth-order valence-corrected chi connectivity index (χ4v) is 4.90. The van der Waals surface area contributed by atoms with Crippen LogP contribution in [0, 0.1) is 0 Å². The fraction of sp³-hybridized carbons (Fsp3) is 0.923. The molecule has 1 unspecified atom stereocenters. The molecule has 1 rings (SSSR count). The van der Waals surface area contributed by atoms with E-state index in [1.54, 1.807) is 6.92 Å². The zero-order valence-electron chi connectivity index (χ0n) is 11.4. The van der Waals surface area contributed by atoms with E-state index in [0.29, 0.717) is 25.7 Å². The Morgan fingerprint density at radius 1 is 1.22 bits per heavy atom. The minimum Gasteiger partial charge on any atom is -0.465 e. The van der Waals surface area contributed by atoms with Crippen LogP contribution in [0.15, 0.2) is 0 Å². The van der Waals surface area contributed by atoms with Crippen LogP contribution in [0.3, 0.4) is 0 Å². The molecule has 0 aromatic rings. The van der Waals surface area contributed by atoms with Gasteiger partial charge in [0.2, 0.25) is 0 Å². The van der Waals surface area contributed by atoms with Crippen LogP contribution in [0.2, 0.25) is 0 Å². The molecule has 0 aromatic heterocycles. The Labute approximate surface area is 110 Å². The van der Waals surface area contributed by atoms with Gasteiger partial charge in [-0.3, -0.25) is 4.79 Å². The van der Waals surface area contributed by atoms with Crippen LogP contribution in [-0.4, -0.2) is 31.5 Å². The predicted octanol–water partition coefficient (Wildman–Crippen LogP) is 2.47. The summed E-state index contributed by atoms with van der Waals surface area (Å²) in [7, 11) is -3.38. The average molecular weight is 276 g/mol. The van der Waals surface area contributed by atoms with Gasteiger partial charge in [-0.05, 0) is 26.2 Å². The molecule has 1 saturated carbocycles. The molecule has 4 nitrogen and oxygen atoms in total. The average Bonchev–Trinajstić information content (AvgIpc) is 2.37. The van der Waals surface area contributed by atoms with Crippen LogP contribution in [0.25, 0.3) is 0 Å². The van der Waals surface area contributed by atoms with E-state index >= 15 is 0 Å². The molecule has 106 valence electrons. The number of ether oxygens (including phenoxy) is 1. The fourth-order valence-electron chi connectivity index (χ4n) is 2.54. The normalized spacial score (nSPS) is 19.4. The minimum atomic E-state index is -3.38. The van der Waals surface area contributed by atoms with Gasteiger partial charge in [-0.15, -0.1) is 0 Å². The zero-order chi connectivity index (χ0) is 13.6. The van der Waals surface area contributed by atoms with E-state index in [0.717, 1.165) is 19.3 Å². The summed E-state index contributed by atoms with van der Waals surface area (Å²) in [5.41, 5.74) is 0. The van der Waals surface area contributed by atoms with E-state index in [1.807, 2.05) is 6.92 Å². The lowest BCUT2D eigenvalue weighted by Crippen LogP contribution is -2.39. The van der Waals surface area contributed by atoms with Gasteiger partial charge in [-0.2, -0.15) is 0 Å². The van der Waals surface area contributed by atoms with Crippen LogP contribution in [0.1, 0.15) is 58.8 Å². The number of hydrogen-bond acceptors (Lipinski definition) is 4. The SMILES string of the molecule is CCCC(C(=O)OCC)S(=O)(=O)C1CCCCC1. The topological polar surface area (TPSA) is 60.4 Å². The van der Waals surface area contributed by atoms with Gasteiger partial charge in [0.15, 0.2) is 15.1 Å². The minimum absolute atomic E-state index is 0.235. The number of rotatable bonds is 6. The maximum Gasteiger partial charge on any atom is 0.324 e. The second-order valence-corrected chi connectivity index (χ2v) is 7.29. The molecule has 0 aliphatic heterocycles. The van der Waals surface area contributed by atoms with Crippen molar-refractivity contribution in [2.45, 2.75) is 69.3 Å².